The van der Waals surface area contributed by atoms with Crippen molar-refractivity contribution in [1.82, 2.24) is 0 Å². The maximum Gasteiger partial charge on any atom is 0.313 e. The third-order valence-electron chi connectivity index (χ3n) is 3.68. The maximum absolute atomic E-state index is 11.6. The number of esters is 2. The van der Waals surface area contributed by atoms with Gasteiger partial charge in [-0.25, -0.2) is 0 Å². The number of carbonyl (C=O) groups excluding carboxylic acids is 4. The van der Waals surface area contributed by atoms with E-state index in [1.165, 1.54) is 13.8 Å². The minimum absolute atomic E-state index is 0.100. The van der Waals surface area contributed by atoms with Gasteiger partial charge in [0, 0.05) is 5.41 Å². The summed E-state index contributed by atoms with van der Waals surface area (Å²) in [5.41, 5.74) is -0.477. The number of unbranched alkanes of at least 4 members (excludes halogenated alkanes) is 1. The summed E-state index contributed by atoms with van der Waals surface area (Å²) in [5, 5.41) is 0. The van der Waals surface area contributed by atoms with Gasteiger partial charge in [0.1, 0.15) is 37.6 Å². The van der Waals surface area contributed by atoms with Crippen LogP contribution >= 0.6 is 0 Å². The van der Waals surface area contributed by atoms with Crippen molar-refractivity contribution in [1.29, 1.82) is 0 Å². The molecule has 0 N–H and O–H groups in total. The molecule has 0 unspecified atom stereocenters. The zero-order chi connectivity index (χ0) is 17.9. The molecular weight excluding hydrogens is 300 g/mol. The number of hydrogen-bond donors (Lipinski definition) is 0. The normalized spacial score (nSPS) is 11.0. The Morgan fingerprint density at radius 1 is 0.826 bits per heavy atom. The fraction of sp³-hybridized carbons (Fsp3) is 0.765. The predicted octanol–water partition coefficient (Wildman–Crippen LogP) is 2.62. The molecule has 0 saturated heterocycles. The number of hydrogen-bond acceptors (Lipinski definition) is 6. The van der Waals surface area contributed by atoms with Crippen molar-refractivity contribution in [3.63, 3.8) is 0 Å². The molecule has 6 heteroatoms. The van der Waals surface area contributed by atoms with Crippen molar-refractivity contribution in [3.8, 4) is 0 Å². The number of rotatable bonds is 12. The molecule has 0 aliphatic rings. The van der Waals surface area contributed by atoms with E-state index in [4.69, 9.17) is 9.47 Å². The summed E-state index contributed by atoms with van der Waals surface area (Å²) in [7, 11) is 0. The van der Waals surface area contributed by atoms with E-state index in [-0.39, 0.29) is 37.6 Å². The van der Waals surface area contributed by atoms with Gasteiger partial charge < -0.3 is 9.47 Å². The van der Waals surface area contributed by atoms with Crippen LogP contribution in [0.15, 0.2) is 0 Å². The molecule has 0 aromatic heterocycles. The van der Waals surface area contributed by atoms with E-state index < -0.39 is 17.4 Å². The largest absolute Gasteiger partial charge is 0.465 e. The van der Waals surface area contributed by atoms with Crippen LogP contribution in [-0.2, 0) is 28.7 Å². The Bertz CT molecular complexity index is 395. The van der Waals surface area contributed by atoms with Gasteiger partial charge in [-0.3, -0.25) is 19.2 Å². The molecule has 6 nitrogen and oxygen atoms in total. The summed E-state index contributed by atoms with van der Waals surface area (Å²) in [6.45, 7) is 6.84. The molecule has 0 aliphatic heterocycles. The molecule has 0 spiro atoms. The first-order valence-electron chi connectivity index (χ1n) is 8.04. The lowest BCUT2D eigenvalue weighted by Crippen LogP contribution is -2.34. The summed E-state index contributed by atoms with van der Waals surface area (Å²) in [6, 6.07) is 0. The highest BCUT2D eigenvalue weighted by Crippen LogP contribution is 2.30. The van der Waals surface area contributed by atoms with E-state index in [0.29, 0.717) is 6.42 Å². The molecule has 0 aromatic carbocycles. The average molecular weight is 328 g/mol. The Morgan fingerprint density at radius 3 is 1.57 bits per heavy atom. The van der Waals surface area contributed by atoms with E-state index in [2.05, 4.69) is 0 Å². The van der Waals surface area contributed by atoms with E-state index in [1.807, 2.05) is 13.8 Å². The molecule has 23 heavy (non-hydrogen) atoms. The van der Waals surface area contributed by atoms with Gasteiger partial charge in [0.15, 0.2) is 0 Å². The number of Topliss-reactive ketones (excluding diaryl/α,β-unsaturated/α-hetero) is 2. The lowest BCUT2D eigenvalue weighted by atomic mass is 9.81. The van der Waals surface area contributed by atoms with Crippen molar-refractivity contribution in [2.45, 2.75) is 66.2 Å². The highest BCUT2D eigenvalue weighted by molar-refractivity contribution is 5.94. The average Bonchev–Trinajstić information content (AvgIpc) is 2.45. The van der Waals surface area contributed by atoms with Crippen LogP contribution in [0.4, 0.5) is 0 Å². The van der Waals surface area contributed by atoms with Crippen molar-refractivity contribution in [2.24, 2.45) is 5.41 Å². The molecular formula is C17H28O6. The standard InChI is InChI=1S/C17H28O6/c1-5-7-8-17(6-2,11-22-15(20)9-13(3)18)12-23-16(21)10-14(4)19/h5-12H2,1-4H3. The topological polar surface area (TPSA) is 86.7 Å². The molecule has 0 radical (unpaired) electrons. The van der Waals surface area contributed by atoms with E-state index in [0.717, 1.165) is 19.3 Å². The monoisotopic (exact) mass is 328 g/mol. The number of carbonyl (C=O) groups is 4. The molecule has 0 bridgehead atoms. The highest BCUT2D eigenvalue weighted by Gasteiger charge is 2.31. The van der Waals surface area contributed by atoms with Crippen LogP contribution in [0.1, 0.15) is 66.2 Å². The lowest BCUT2D eigenvalue weighted by molar-refractivity contribution is -0.155. The van der Waals surface area contributed by atoms with Crippen molar-refractivity contribution in [2.75, 3.05) is 13.2 Å². The van der Waals surface area contributed by atoms with Gasteiger partial charge in [-0.15, -0.1) is 0 Å². The van der Waals surface area contributed by atoms with Gasteiger partial charge >= 0.3 is 11.9 Å². The van der Waals surface area contributed by atoms with Crippen LogP contribution in [0.25, 0.3) is 0 Å². The predicted molar refractivity (Wildman–Crippen MR) is 84.8 cm³/mol. The van der Waals surface area contributed by atoms with Crippen molar-refractivity contribution in [3.05, 3.63) is 0 Å². The third-order valence-corrected chi connectivity index (χ3v) is 3.68. The Kier molecular flexibility index (Phi) is 10.1. The number of ketones is 2. The Morgan fingerprint density at radius 2 is 1.26 bits per heavy atom. The van der Waals surface area contributed by atoms with Crippen LogP contribution in [0.2, 0.25) is 0 Å². The van der Waals surface area contributed by atoms with Crippen LogP contribution in [0, 0.1) is 5.41 Å². The van der Waals surface area contributed by atoms with Gasteiger partial charge in [0.25, 0.3) is 0 Å². The third kappa shape index (κ3) is 9.81. The molecule has 0 atom stereocenters. The van der Waals surface area contributed by atoms with Crippen LogP contribution in [-0.4, -0.2) is 36.7 Å². The van der Waals surface area contributed by atoms with Gasteiger partial charge in [-0.05, 0) is 26.7 Å². The van der Waals surface area contributed by atoms with Gasteiger partial charge in [-0.2, -0.15) is 0 Å². The first-order chi connectivity index (χ1) is 10.7. The lowest BCUT2D eigenvalue weighted by Gasteiger charge is -2.31. The molecule has 0 rings (SSSR count). The molecule has 0 aromatic rings. The fourth-order valence-electron chi connectivity index (χ4n) is 2.09. The molecule has 0 heterocycles. The fourth-order valence-corrected chi connectivity index (χ4v) is 2.09. The molecule has 0 saturated carbocycles. The van der Waals surface area contributed by atoms with E-state index in [9.17, 15) is 19.2 Å². The SMILES string of the molecule is CCCCC(CC)(COC(=O)CC(C)=O)COC(=O)CC(C)=O. The minimum atomic E-state index is -0.568. The smallest absolute Gasteiger partial charge is 0.313 e. The second kappa shape index (κ2) is 10.9. The maximum atomic E-state index is 11.6. The first kappa shape index (κ1) is 21.3. The van der Waals surface area contributed by atoms with Crippen LogP contribution in [0.3, 0.4) is 0 Å². The quantitative estimate of drug-likeness (QED) is 0.404. The summed E-state index contributed by atoms with van der Waals surface area (Å²) >= 11 is 0. The Hall–Kier alpha value is -1.72. The molecule has 0 amide bonds. The molecule has 0 fully saturated rings. The van der Waals surface area contributed by atoms with Gasteiger partial charge in [0.2, 0.25) is 0 Å². The summed E-state index contributed by atoms with van der Waals surface area (Å²) in [4.78, 5) is 45.0. The number of ether oxygens (including phenoxy) is 2. The van der Waals surface area contributed by atoms with Crippen LogP contribution < -0.4 is 0 Å². The van der Waals surface area contributed by atoms with Crippen molar-refractivity contribution < 1.29 is 28.7 Å². The highest BCUT2D eigenvalue weighted by atomic mass is 16.5. The summed E-state index contributed by atoms with van der Waals surface area (Å²) in [6.07, 6.45) is 2.76. The first-order valence-corrected chi connectivity index (χ1v) is 8.04. The Labute approximate surface area is 137 Å². The van der Waals surface area contributed by atoms with Crippen molar-refractivity contribution >= 4 is 23.5 Å². The molecule has 132 valence electrons. The van der Waals surface area contributed by atoms with Gasteiger partial charge in [-0.1, -0.05) is 26.7 Å². The van der Waals surface area contributed by atoms with Crippen LogP contribution in [0.5, 0.6) is 0 Å². The zero-order valence-electron chi connectivity index (χ0n) is 14.6. The minimum Gasteiger partial charge on any atom is -0.465 e. The summed E-state index contributed by atoms with van der Waals surface area (Å²) < 4.78 is 10.4. The zero-order valence-corrected chi connectivity index (χ0v) is 14.6. The second-order valence-corrected chi connectivity index (χ2v) is 6.04. The second-order valence-electron chi connectivity index (χ2n) is 6.04. The van der Waals surface area contributed by atoms with E-state index in [1.54, 1.807) is 0 Å². The van der Waals surface area contributed by atoms with Gasteiger partial charge in [0.05, 0.1) is 0 Å². The summed E-state index contributed by atoms with van der Waals surface area (Å²) in [5.74, 6) is -1.64. The van der Waals surface area contributed by atoms with E-state index >= 15 is 0 Å². The molecule has 0 aliphatic carbocycles. The Balaban J connectivity index is 4.72.